The minimum absolute atomic E-state index is 0.155. The molecule has 0 atom stereocenters. The zero-order chi connectivity index (χ0) is 16.7. The Kier molecular flexibility index (Phi) is 6.26. The van der Waals surface area contributed by atoms with Crippen LogP contribution < -0.4 is 14.9 Å². The molecule has 0 aliphatic heterocycles. The summed E-state index contributed by atoms with van der Waals surface area (Å²) in [6, 6.07) is 11.9. The van der Waals surface area contributed by atoms with Crippen molar-refractivity contribution in [3.63, 3.8) is 0 Å². The van der Waals surface area contributed by atoms with E-state index in [1.54, 1.807) is 49.6 Å². The highest BCUT2D eigenvalue weighted by atomic mass is 35.5. The fraction of sp³-hybridized carbons (Fsp3) is 0.125. The molecule has 23 heavy (non-hydrogen) atoms. The van der Waals surface area contributed by atoms with E-state index in [0.717, 1.165) is 0 Å². The number of nitrogens with zero attached hydrogens (tertiary/aromatic N) is 1. The third-order valence-electron chi connectivity index (χ3n) is 2.78. The van der Waals surface area contributed by atoms with Gasteiger partial charge in [0.2, 0.25) is 0 Å². The van der Waals surface area contributed by atoms with Gasteiger partial charge in [-0.1, -0.05) is 29.3 Å². The van der Waals surface area contributed by atoms with Gasteiger partial charge < -0.3 is 9.47 Å². The average Bonchev–Trinajstić information content (AvgIpc) is 2.55. The Morgan fingerprint density at radius 2 is 1.87 bits per heavy atom. The van der Waals surface area contributed by atoms with Gasteiger partial charge in [-0.25, -0.2) is 5.43 Å². The molecule has 0 bridgehead atoms. The Balaban J connectivity index is 1.81. The maximum absolute atomic E-state index is 11.6. The summed E-state index contributed by atoms with van der Waals surface area (Å²) in [7, 11) is 1.58. The quantitative estimate of drug-likeness (QED) is 0.638. The van der Waals surface area contributed by atoms with Gasteiger partial charge in [-0.2, -0.15) is 5.10 Å². The Bertz CT molecular complexity index is 703. The number of methoxy groups -OCH3 is 1. The van der Waals surface area contributed by atoms with Gasteiger partial charge in [0, 0.05) is 10.6 Å². The van der Waals surface area contributed by atoms with Crippen molar-refractivity contribution < 1.29 is 14.3 Å². The van der Waals surface area contributed by atoms with Crippen LogP contribution in [0.3, 0.4) is 0 Å². The van der Waals surface area contributed by atoms with Gasteiger partial charge in [0.25, 0.3) is 5.91 Å². The van der Waals surface area contributed by atoms with Crippen molar-refractivity contribution in [2.45, 2.75) is 0 Å². The molecule has 1 N–H and O–H groups in total. The SMILES string of the molecule is COc1ccc(OCC(=O)N/N=C/c2ccc(Cl)cc2Cl)cc1. The molecular weight excluding hydrogens is 339 g/mol. The molecule has 2 aromatic rings. The monoisotopic (exact) mass is 352 g/mol. The summed E-state index contributed by atoms with van der Waals surface area (Å²) in [5.74, 6) is 0.888. The van der Waals surface area contributed by atoms with Crippen LogP contribution in [0, 0.1) is 0 Å². The van der Waals surface area contributed by atoms with Gasteiger partial charge in [0.05, 0.1) is 18.3 Å². The summed E-state index contributed by atoms with van der Waals surface area (Å²) in [6.45, 7) is -0.155. The van der Waals surface area contributed by atoms with Crippen LogP contribution in [0.25, 0.3) is 0 Å². The number of benzene rings is 2. The number of hydrazone groups is 1. The molecule has 0 saturated heterocycles. The van der Waals surface area contributed by atoms with Gasteiger partial charge in [0.15, 0.2) is 6.61 Å². The van der Waals surface area contributed by atoms with E-state index in [2.05, 4.69) is 10.5 Å². The van der Waals surface area contributed by atoms with Crippen LogP contribution in [0.4, 0.5) is 0 Å². The first-order valence-corrected chi connectivity index (χ1v) is 7.38. The van der Waals surface area contributed by atoms with E-state index in [1.165, 1.54) is 6.21 Å². The average molecular weight is 353 g/mol. The number of amides is 1. The summed E-state index contributed by atoms with van der Waals surface area (Å²) >= 11 is 11.8. The number of hydrogen-bond acceptors (Lipinski definition) is 4. The molecule has 7 heteroatoms. The van der Waals surface area contributed by atoms with Crippen LogP contribution in [-0.4, -0.2) is 25.8 Å². The van der Waals surface area contributed by atoms with E-state index in [-0.39, 0.29) is 12.5 Å². The number of ether oxygens (including phenoxy) is 2. The largest absolute Gasteiger partial charge is 0.497 e. The molecule has 120 valence electrons. The van der Waals surface area contributed by atoms with Gasteiger partial charge >= 0.3 is 0 Å². The van der Waals surface area contributed by atoms with Crippen molar-refractivity contribution in [3.8, 4) is 11.5 Å². The van der Waals surface area contributed by atoms with Crippen LogP contribution in [0.15, 0.2) is 47.6 Å². The van der Waals surface area contributed by atoms with Crippen molar-refractivity contribution in [2.75, 3.05) is 13.7 Å². The van der Waals surface area contributed by atoms with Gasteiger partial charge in [-0.05, 0) is 36.4 Å². The smallest absolute Gasteiger partial charge is 0.277 e. The molecule has 0 heterocycles. The van der Waals surface area contributed by atoms with Crippen molar-refractivity contribution in [1.29, 1.82) is 0 Å². The zero-order valence-electron chi connectivity index (χ0n) is 12.3. The minimum atomic E-state index is -0.387. The predicted molar refractivity (Wildman–Crippen MR) is 90.7 cm³/mol. The second kappa shape index (κ2) is 8.41. The van der Waals surface area contributed by atoms with E-state index >= 15 is 0 Å². The Morgan fingerprint density at radius 3 is 2.52 bits per heavy atom. The second-order valence-electron chi connectivity index (χ2n) is 4.42. The van der Waals surface area contributed by atoms with E-state index in [1.807, 2.05) is 0 Å². The Labute approximate surface area is 143 Å². The number of rotatable bonds is 6. The van der Waals surface area contributed by atoms with Crippen molar-refractivity contribution in [2.24, 2.45) is 5.10 Å². The summed E-state index contributed by atoms with van der Waals surface area (Å²) in [5.41, 5.74) is 3.00. The lowest BCUT2D eigenvalue weighted by Gasteiger charge is -2.06. The van der Waals surface area contributed by atoms with Crippen LogP contribution in [0.1, 0.15) is 5.56 Å². The maximum Gasteiger partial charge on any atom is 0.277 e. The highest BCUT2D eigenvalue weighted by molar-refractivity contribution is 6.36. The van der Waals surface area contributed by atoms with E-state index in [0.29, 0.717) is 27.1 Å². The minimum Gasteiger partial charge on any atom is -0.497 e. The molecule has 0 aliphatic rings. The van der Waals surface area contributed by atoms with E-state index in [4.69, 9.17) is 32.7 Å². The van der Waals surface area contributed by atoms with Crippen molar-refractivity contribution >= 4 is 35.3 Å². The fourth-order valence-electron chi connectivity index (χ4n) is 1.63. The summed E-state index contributed by atoms with van der Waals surface area (Å²) in [6.07, 6.45) is 1.43. The standard InChI is InChI=1S/C16H14Cl2N2O3/c1-22-13-4-6-14(7-5-13)23-10-16(21)20-19-9-11-2-3-12(17)8-15(11)18/h2-9H,10H2,1H3,(H,20,21)/b19-9+. The summed E-state index contributed by atoms with van der Waals surface area (Å²) < 4.78 is 10.4. The van der Waals surface area contributed by atoms with Gasteiger partial charge in [-0.15, -0.1) is 0 Å². The molecule has 0 saturated carbocycles. The van der Waals surface area contributed by atoms with Crippen LogP contribution in [-0.2, 0) is 4.79 Å². The van der Waals surface area contributed by atoms with Gasteiger partial charge in [0.1, 0.15) is 11.5 Å². The molecule has 0 unspecified atom stereocenters. The first kappa shape index (κ1) is 17.1. The topological polar surface area (TPSA) is 59.9 Å². The molecule has 2 aromatic carbocycles. The lowest BCUT2D eigenvalue weighted by atomic mass is 10.2. The first-order chi connectivity index (χ1) is 11.1. The highest BCUT2D eigenvalue weighted by Crippen LogP contribution is 2.19. The van der Waals surface area contributed by atoms with E-state index in [9.17, 15) is 4.79 Å². The van der Waals surface area contributed by atoms with Crippen molar-refractivity contribution in [1.82, 2.24) is 5.43 Å². The fourth-order valence-corrected chi connectivity index (χ4v) is 2.09. The second-order valence-corrected chi connectivity index (χ2v) is 5.27. The third kappa shape index (κ3) is 5.47. The molecule has 1 amide bonds. The van der Waals surface area contributed by atoms with Gasteiger partial charge in [-0.3, -0.25) is 4.79 Å². The number of carbonyl (C=O) groups excluding carboxylic acids is 1. The van der Waals surface area contributed by atoms with Crippen LogP contribution in [0.5, 0.6) is 11.5 Å². The van der Waals surface area contributed by atoms with Crippen LogP contribution in [0.2, 0.25) is 10.0 Å². The normalized spacial score (nSPS) is 10.6. The van der Waals surface area contributed by atoms with Crippen LogP contribution >= 0.6 is 23.2 Å². The molecule has 0 aromatic heterocycles. The van der Waals surface area contributed by atoms with E-state index < -0.39 is 0 Å². The number of halogens is 2. The van der Waals surface area contributed by atoms with Crippen molar-refractivity contribution in [3.05, 3.63) is 58.1 Å². The molecule has 0 radical (unpaired) electrons. The molecule has 0 fully saturated rings. The first-order valence-electron chi connectivity index (χ1n) is 6.62. The number of hydrogen-bond donors (Lipinski definition) is 1. The Morgan fingerprint density at radius 1 is 1.17 bits per heavy atom. The zero-order valence-corrected chi connectivity index (χ0v) is 13.8. The molecule has 0 spiro atoms. The third-order valence-corrected chi connectivity index (χ3v) is 3.35. The number of nitrogens with one attached hydrogen (secondary N) is 1. The molecular formula is C16H14Cl2N2O3. The Hall–Kier alpha value is -2.24. The number of carbonyl (C=O) groups is 1. The summed E-state index contributed by atoms with van der Waals surface area (Å²) in [4.78, 5) is 11.6. The predicted octanol–water partition coefficient (Wildman–Crippen LogP) is 3.53. The molecule has 2 rings (SSSR count). The maximum atomic E-state index is 11.6. The molecule has 0 aliphatic carbocycles. The highest BCUT2D eigenvalue weighted by Gasteiger charge is 2.02. The lowest BCUT2D eigenvalue weighted by molar-refractivity contribution is -0.123. The lowest BCUT2D eigenvalue weighted by Crippen LogP contribution is -2.24. The summed E-state index contributed by atoms with van der Waals surface area (Å²) in [5, 5.41) is 4.80. The molecule has 5 nitrogen and oxygen atoms in total.